The molecule has 0 radical (unpaired) electrons. The maximum atomic E-state index is 10.6. The van der Waals surface area contributed by atoms with E-state index in [0.29, 0.717) is 23.1 Å². The van der Waals surface area contributed by atoms with Gasteiger partial charge in [0.25, 0.3) is 0 Å². The number of aromatic carboxylic acids is 1. The Morgan fingerprint density at radius 3 is 2.25 bits per heavy atom. The Bertz CT molecular complexity index is 338. The SMILES string of the molecule is Cc1c(C=O)[nH]c(C(=O)O)c1C. The molecule has 0 amide bonds. The molecule has 0 saturated heterocycles. The lowest BCUT2D eigenvalue weighted by atomic mass is 10.1. The van der Waals surface area contributed by atoms with Gasteiger partial charge in [0.05, 0.1) is 5.69 Å². The van der Waals surface area contributed by atoms with Crippen LogP contribution in [0.4, 0.5) is 0 Å². The highest BCUT2D eigenvalue weighted by atomic mass is 16.4. The van der Waals surface area contributed by atoms with E-state index in [9.17, 15) is 9.59 Å². The second-order valence-corrected chi connectivity index (χ2v) is 2.59. The van der Waals surface area contributed by atoms with E-state index in [1.807, 2.05) is 0 Å². The Morgan fingerprint density at radius 1 is 1.42 bits per heavy atom. The minimum atomic E-state index is -1.04. The van der Waals surface area contributed by atoms with Gasteiger partial charge in [0.1, 0.15) is 5.69 Å². The molecule has 64 valence electrons. The van der Waals surface area contributed by atoms with Crippen molar-refractivity contribution in [2.24, 2.45) is 0 Å². The molecule has 0 spiro atoms. The zero-order valence-corrected chi connectivity index (χ0v) is 6.84. The van der Waals surface area contributed by atoms with E-state index in [1.165, 1.54) is 0 Å². The van der Waals surface area contributed by atoms with Gasteiger partial charge in [-0.2, -0.15) is 0 Å². The standard InChI is InChI=1S/C8H9NO3/c1-4-5(2)7(8(11)12)9-6(4)3-10/h3,9H,1-2H3,(H,11,12). The van der Waals surface area contributed by atoms with Gasteiger partial charge in [-0.15, -0.1) is 0 Å². The van der Waals surface area contributed by atoms with Gasteiger partial charge in [0, 0.05) is 0 Å². The maximum absolute atomic E-state index is 10.6. The van der Waals surface area contributed by atoms with E-state index in [-0.39, 0.29) is 5.69 Å². The summed E-state index contributed by atoms with van der Waals surface area (Å²) in [5.41, 5.74) is 1.74. The minimum Gasteiger partial charge on any atom is -0.477 e. The largest absolute Gasteiger partial charge is 0.477 e. The van der Waals surface area contributed by atoms with E-state index < -0.39 is 5.97 Å². The highest BCUT2D eigenvalue weighted by Crippen LogP contribution is 2.15. The third kappa shape index (κ3) is 1.11. The first-order valence-corrected chi connectivity index (χ1v) is 3.45. The lowest BCUT2D eigenvalue weighted by Crippen LogP contribution is -1.98. The summed E-state index contributed by atoms with van der Waals surface area (Å²) in [6.45, 7) is 3.38. The van der Waals surface area contributed by atoms with Crippen molar-refractivity contribution in [3.05, 3.63) is 22.5 Å². The molecule has 2 N–H and O–H groups in total. The number of aromatic nitrogens is 1. The van der Waals surface area contributed by atoms with Gasteiger partial charge in [-0.3, -0.25) is 4.79 Å². The van der Waals surface area contributed by atoms with Crippen LogP contribution in [0.1, 0.15) is 32.1 Å². The van der Waals surface area contributed by atoms with Gasteiger partial charge >= 0.3 is 5.97 Å². The number of hydrogen-bond donors (Lipinski definition) is 2. The molecule has 0 aromatic carbocycles. The summed E-state index contributed by atoms with van der Waals surface area (Å²) < 4.78 is 0. The van der Waals surface area contributed by atoms with Crippen molar-refractivity contribution in [1.29, 1.82) is 0 Å². The Kier molecular flexibility index (Phi) is 1.99. The molecule has 1 aromatic rings. The molecule has 0 fully saturated rings. The summed E-state index contributed by atoms with van der Waals surface area (Å²) in [6, 6.07) is 0. The van der Waals surface area contributed by atoms with Crippen LogP contribution in [-0.2, 0) is 0 Å². The maximum Gasteiger partial charge on any atom is 0.352 e. The Morgan fingerprint density at radius 2 is 2.00 bits per heavy atom. The second kappa shape index (κ2) is 2.81. The highest BCUT2D eigenvalue weighted by Gasteiger charge is 2.14. The Labute approximate surface area is 69.2 Å². The third-order valence-electron chi connectivity index (χ3n) is 1.93. The first-order valence-electron chi connectivity index (χ1n) is 3.45. The van der Waals surface area contributed by atoms with Gasteiger partial charge in [-0.05, 0) is 25.0 Å². The third-order valence-corrected chi connectivity index (χ3v) is 1.93. The minimum absolute atomic E-state index is 0.0922. The number of carboxylic acid groups (broad SMARTS) is 1. The van der Waals surface area contributed by atoms with Crippen LogP contribution >= 0.6 is 0 Å². The highest BCUT2D eigenvalue weighted by molar-refractivity contribution is 5.90. The van der Waals surface area contributed by atoms with E-state index in [4.69, 9.17) is 5.11 Å². The first kappa shape index (κ1) is 8.52. The van der Waals surface area contributed by atoms with Crippen molar-refractivity contribution in [2.45, 2.75) is 13.8 Å². The average molecular weight is 167 g/mol. The van der Waals surface area contributed by atoms with E-state index >= 15 is 0 Å². The van der Waals surface area contributed by atoms with Crippen molar-refractivity contribution < 1.29 is 14.7 Å². The molecule has 4 nitrogen and oxygen atoms in total. The van der Waals surface area contributed by atoms with Crippen LogP contribution < -0.4 is 0 Å². The molecule has 0 aliphatic carbocycles. The molecule has 0 bridgehead atoms. The summed E-state index contributed by atoms with van der Waals surface area (Å²) in [4.78, 5) is 23.5. The van der Waals surface area contributed by atoms with E-state index in [1.54, 1.807) is 13.8 Å². The molecule has 4 heteroatoms. The zero-order valence-electron chi connectivity index (χ0n) is 6.84. The number of rotatable bonds is 2. The van der Waals surface area contributed by atoms with Crippen molar-refractivity contribution in [3.8, 4) is 0 Å². The number of carbonyl (C=O) groups is 2. The quantitative estimate of drug-likeness (QED) is 0.649. The molecule has 12 heavy (non-hydrogen) atoms. The normalized spacial score (nSPS) is 9.83. The van der Waals surface area contributed by atoms with Gasteiger partial charge in [-0.1, -0.05) is 0 Å². The first-order chi connectivity index (χ1) is 5.57. The Hall–Kier alpha value is -1.58. The summed E-state index contributed by atoms with van der Waals surface area (Å²) >= 11 is 0. The van der Waals surface area contributed by atoms with Crippen LogP contribution in [-0.4, -0.2) is 22.3 Å². The topological polar surface area (TPSA) is 70.2 Å². The lowest BCUT2D eigenvalue weighted by Gasteiger charge is -1.90. The second-order valence-electron chi connectivity index (χ2n) is 2.59. The number of hydrogen-bond acceptors (Lipinski definition) is 2. The molecule has 1 aromatic heterocycles. The molecule has 0 aliphatic heterocycles. The van der Waals surface area contributed by atoms with Crippen LogP contribution in [0.5, 0.6) is 0 Å². The fourth-order valence-electron chi connectivity index (χ4n) is 1.04. The molecule has 0 saturated carbocycles. The smallest absolute Gasteiger partial charge is 0.352 e. The molecule has 0 aliphatic rings. The van der Waals surface area contributed by atoms with Crippen LogP contribution in [0.15, 0.2) is 0 Å². The summed E-state index contributed by atoms with van der Waals surface area (Å²) in [5.74, 6) is -1.04. The predicted octanol–water partition coefficient (Wildman–Crippen LogP) is 1.14. The fraction of sp³-hybridized carbons (Fsp3) is 0.250. The number of aldehydes is 1. The number of aromatic amines is 1. The molecular formula is C8H9NO3. The van der Waals surface area contributed by atoms with Crippen molar-refractivity contribution >= 4 is 12.3 Å². The van der Waals surface area contributed by atoms with Gasteiger partial charge in [0.15, 0.2) is 6.29 Å². The van der Waals surface area contributed by atoms with Gasteiger partial charge < -0.3 is 10.1 Å². The lowest BCUT2D eigenvalue weighted by molar-refractivity contribution is 0.0690. The summed E-state index contributed by atoms with van der Waals surface area (Å²) in [6.07, 6.45) is 0.620. The molecular weight excluding hydrogens is 158 g/mol. The fourth-order valence-corrected chi connectivity index (χ4v) is 1.04. The monoisotopic (exact) mass is 167 g/mol. The molecule has 0 atom stereocenters. The van der Waals surface area contributed by atoms with Crippen LogP contribution in [0.3, 0.4) is 0 Å². The summed E-state index contributed by atoms with van der Waals surface area (Å²) in [7, 11) is 0. The Balaban J connectivity index is 3.34. The average Bonchev–Trinajstić information content (AvgIpc) is 2.30. The van der Waals surface area contributed by atoms with Crippen LogP contribution in [0.2, 0.25) is 0 Å². The number of carbonyl (C=O) groups excluding carboxylic acids is 1. The van der Waals surface area contributed by atoms with Gasteiger partial charge in [0.2, 0.25) is 0 Å². The molecule has 1 rings (SSSR count). The molecule has 0 unspecified atom stereocenters. The number of H-pyrrole nitrogens is 1. The predicted molar refractivity (Wildman–Crippen MR) is 42.6 cm³/mol. The van der Waals surface area contributed by atoms with E-state index in [2.05, 4.69) is 4.98 Å². The van der Waals surface area contributed by atoms with Crippen molar-refractivity contribution in [2.75, 3.05) is 0 Å². The molecule has 1 heterocycles. The summed E-state index contributed by atoms with van der Waals surface area (Å²) in [5, 5.41) is 8.65. The zero-order chi connectivity index (χ0) is 9.30. The van der Waals surface area contributed by atoms with E-state index in [0.717, 1.165) is 0 Å². The number of carboxylic acids is 1. The van der Waals surface area contributed by atoms with Crippen molar-refractivity contribution in [1.82, 2.24) is 4.98 Å². The van der Waals surface area contributed by atoms with Gasteiger partial charge in [-0.25, -0.2) is 4.79 Å². The van der Waals surface area contributed by atoms with Crippen LogP contribution in [0.25, 0.3) is 0 Å². The number of nitrogens with one attached hydrogen (secondary N) is 1. The van der Waals surface area contributed by atoms with Crippen molar-refractivity contribution in [3.63, 3.8) is 0 Å². The van der Waals surface area contributed by atoms with Crippen LogP contribution in [0, 0.1) is 13.8 Å².